The molecule has 0 aliphatic heterocycles. The summed E-state index contributed by atoms with van der Waals surface area (Å²) in [6, 6.07) is 0. The molecule has 0 amide bonds. The second-order valence-corrected chi connectivity index (χ2v) is 5.33. The zero-order chi connectivity index (χ0) is 11.9. The van der Waals surface area contributed by atoms with Crippen LogP contribution in [0, 0.1) is 12.3 Å². The molecule has 0 fully saturated rings. The first-order valence-corrected chi connectivity index (χ1v) is 8.03. The van der Waals surface area contributed by atoms with Crippen LogP contribution < -0.4 is 0 Å². The molecule has 0 saturated carbocycles. The minimum Gasteiger partial charge on any atom is -0.120 e. The summed E-state index contributed by atoms with van der Waals surface area (Å²) in [5.41, 5.74) is 0. The molecule has 0 unspecified atom stereocenters. The summed E-state index contributed by atoms with van der Waals surface area (Å²) in [6.45, 7) is 0. The third-order valence-electron chi connectivity index (χ3n) is 2.95. The van der Waals surface area contributed by atoms with E-state index in [2.05, 4.69) is 21.9 Å². The van der Waals surface area contributed by atoms with Crippen LogP contribution in [0.4, 0.5) is 0 Å². The molecular formula is C15H27Br. The summed E-state index contributed by atoms with van der Waals surface area (Å²) in [6.07, 6.45) is 21.4. The molecule has 0 nitrogen and oxygen atoms in total. The monoisotopic (exact) mass is 286 g/mol. The maximum Gasteiger partial charge on any atom is 0.00860 e. The van der Waals surface area contributed by atoms with Gasteiger partial charge in [-0.15, -0.1) is 12.3 Å². The number of hydrogen-bond acceptors (Lipinski definition) is 0. The van der Waals surface area contributed by atoms with Crippen molar-refractivity contribution >= 4 is 15.9 Å². The first-order valence-electron chi connectivity index (χ1n) is 6.91. The van der Waals surface area contributed by atoms with Crippen LogP contribution in [0.3, 0.4) is 0 Å². The Kier molecular flexibility index (Phi) is 15.1. The van der Waals surface area contributed by atoms with E-state index in [0.717, 1.165) is 6.42 Å². The first-order chi connectivity index (χ1) is 7.91. The van der Waals surface area contributed by atoms with E-state index in [1.807, 2.05) is 0 Å². The van der Waals surface area contributed by atoms with Gasteiger partial charge in [-0.1, -0.05) is 73.7 Å². The summed E-state index contributed by atoms with van der Waals surface area (Å²) < 4.78 is 0. The molecule has 16 heavy (non-hydrogen) atoms. The molecule has 1 heteroatoms. The summed E-state index contributed by atoms with van der Waals surface area (Å²) in [5, 5.41) is 1.17. The number of terminal acetylenes is 1. The first kappa shape index (κ1) is 16.0. The van der Waals surface area contributed by atoms with E-state index in [-0.39, 0.29) is 0 Å². The van der Waals surface area contributed by atoms with Gasteiger partial charge in [0, 0.05) is 11.8 Å². The van der Waals surface area contributed by atoms with E-state index in [4.69, 9.17) is 6.42 Å². The van der Waals surface area contributed by atoms with Gasteiger partial charge in [0.2, 0.25) is 0 Å². The lowest BCUT2D eigenvalue weighted by Gasteiger charge is -2.01. The minimum absolute atomic E-state index is 0.966. The van der Waals surface area contributed by atoms with E-state index >= 15 is 0 Å². The molecule has 0 radical (unpaired) electrons. The van der Waals surface area contributed by atoms with Crippen molar-refractivity contribution in [2.45, 2.75) is 77.0 Å². The Hall–Kier alpha value is 0.0400. The molecule has 0 bridgehead atoms. The Morgan fingerprint density at radius 3 is 1.38 bits per heavy atom. The van der Waals surface area contributed by atoms with Crippen molar-refractivity contribution in [2.75, 3.05) is 5.33 Å². The largest absolute Gasteiger partial charge is 0.120 e. The molecule has 94 valence electrons. The zero-order valence-electron chi connectivity index (χ0n) is 10.6. The van der Waals surface area contributed by atoms with Crippen LogP contribution in [-0.2, 0) is 0 Å². The second kappa shape index (κ2) is 15.0. The maximum absolute atomic E-state index is 5.21. The highest BCUT2D eigenvalue weighted by Crippen LogP contribution is 2.11. The molecule has 0 N–H and O–H groups in total. The molecule has 0 atom stereocenters. The third-order valence-corrected chi connectivity index (χ3v) is 3.52. The van der Waals surface area contributed by atoms with Crippen LogP contribution >= 0.6 is 15.9 Å². The van der Waals surface area contributed by atoms with Gasteiger partial charge in [-0.3, -0.25) is 0 Å². The van der Waals surface area contributed by atoms with E-state index < -0.39 is 0 Å². The standard InChI is InChI=1S/C15H27Br/c1-2-3-4-5-6-7-8-9-10-11-12-13-14-15-16/h1H,3-15H2. The molecule has 0 saturated heterocycles. The average molecular weight is 287 g/mol. The third kappa shape index (κ3) is 14.0. The summed E-state index contributed by atoms with van der Waals surface area (Å²) in [4.78, 5) is 0. The molecule has 0 aromatic heterocycles. The van der Waals surface area contributed by atoms with Crippen LogP contribution in [0.15, 0.2) is 0 Å². The predicted octanol–water partition coefficient (Wildman–Crippen LogP) is 5.70. The molecule has 0 rings (SSSR count). The second-order valence-electron chi connectivity index (χ2n) is 4.53. The van der Waals surface area contributed by atoms with Gasteiger partial charge in [-0.2, -0.15) is 0 Å². The van der Waals surface area contributed by atoms with Crippen LogP contribution in [0.2, 0.25) is 0 Å². The smallest absolute Gasteiger partial charge is 0.00860 e. The van der Waals surface area contributed by atoms with Gasteiger partial charge < -0.3 is 0 Å². The van der Waals surface area contributed by atoms with Crippen molar-refractivity contribution in [1.82, 2.24) is 0 Å². The lowest BCUT2D eigenvalue weighted by Crippen LogP contribution is -1.82. The molecule has 0 aliphatic rings. The lowest BCUT2D eigenvalue weighted by molar-refractivity contribution is 0.552. The Balaban J connectivity index is 2.86. The molecular weight excluding hydrogens is 260 g/mol. The van der Waals surface area contributed by atoms with Crippen molar-refractivity contribution in [2.24, 2.45) is 0 Å². The fourth-order valence-corrected chi connectivity index (χ4v) is 2.31. The van der Waals surface area contributed by atoms with Crippen molar-refractivity contribution in [3.63, 3.8) is 0 Å². The Morgan fingerprint density at radius 2 is 1.00 bits per heavy atom. The number of hydrogen-bond donors (Lipinski definition) is 0. The van der Waals surface area contributed by atoms with Crippen molar-refractivity contribution < 1.29 is 0 Å². The molecule has 0 spiro atoms. The van der Waals surface area contributed by atoms with E-state index in [1.165, 1.54) is 76.0 Å². The van der Waals surface area contributed by atoms with Gasteiger partial charge >= 0.3 is 0 Å². The summed E-state index contributed by atoms with van der Waals surface area (Å²) >= 11 is 3.47. The number of unbranched alkanes of at least 4 members (excludes halogenated alkanes) is 11. The van der Waals surface area contributed by atoms with E-state index in [0.29, 0.717) is 0 Å². The summed E-state index contributed by atoms with van der Waals surface area (Å²) in [7, 11) is 0. The highest BCUT2D eigenvalue weighted by Gasteiger charge is 1.92. The number of alkyl halides is 1. The van der Waals surface area contributed by atoms with Crippen molar-refractivity contribution in [3.8, 4) is 12.3 Å². The number of halogens is 1. The molecule has 0 aromatic rings. The SMILES string of the molecule is C#CCCCCCCCCCCCCCBr. The van der Waals surface area contributed by atoms with Crippen LogP contribution in [0.25, 0.3) is 0 Å². The topological polar surface area (TPSA) is 0 Å². The molecule has 0 heterocycles. The zero-order valence-corrected chi connectivity index (χ0v) is 12.2. The Labute approximate surface area is 111 Å². The van der Waals surface area contributed by atoms with E-state index in [9.17, 15) is 0 Å². The minimum atomic E-state index is 0.966. The molecule has 0 aromatic carbocycles. The quantitative estimate of drug-likeness (QED) is 0.245. The Bertz CT molecular complexity index is 157. The highest BCUT2D eigenvalue weighted by molar-refractivity contribution is 9.09. The van der Waals surface area contributed by atoms with Gasteiger partial charge in [-0.25, -0.2) is 0 Å². The van der Waals surface area contributed by atoms with Crippen molar-refractivity contribution in [3.05, 3.63) is 0 Å². The van der Waals surface area contributed by atoms with E-state index in [1.54, 1.807) is 0 Å². The maximum atomic E-state index is 5.21. The normalized spacial score (nSPS) is 10.2. The van der Waals surface area contributed by atoms with Gasteiger partial charge in [0.05, 0.1) is 0 Å². The fraction of sp³-hybridized carbons (Fsp3) is 0.867. The summed E-state index contributed by atoms with van der Waals surface area (Å²) in [5.74, 6) is 2.70. The van der Waals surface area contributed by atoms with Gasteiger partial charge in [0.1, 0.15) is 0 Å². The average Bonchev–Trinajstić information content (AvgIpc) is 2.31. The van der Waals surface area contributed by atoms with Gasteiger partial charge in [0.15, 0.2) is 0 Å². The predicted molar refractivity (Wildman–Crippen MR) is 78.0 cm³/mol. The fourth-order valence-electron chi connectivity index (χ4n) is 1.91. The van der Waals surface area contributed by atoms with Gasteiger partial charge in [-0.05, 0) is 12.8 Å². The van der Waals surface area contributed by atoms with Crippen LogP contribution in [0.5, 0.6) is 0 Å². The number of rotatable bonds is 12. The van der Waals surface area contributed by atoms with Gasteiger partial charge in [0.25, 0.3) is 0 Å². The highest BCUT2D eigenvalue weighted by atomic mass is 79.9. The Morgan fingerprint density at radius 1 is 0.625 bits per heavy atom. The molecule has 0 aliphatic carbocycles. The van der Waals surface area contributed by atoms with Crippen LogP contribution in [-0.4, -0.2) is 5.33 Å². The van der Waals surface area contributed by atoms with Crippen molar-refractivity contribution in [1.29, 1.82) is 0 Å². The van der Waals surface area contributed by atoms with Crippen LogP contribution in [0.1, 0.15) is 77.0 Å². The lowest BCUT2D eigenvalue weighted by atomic mass is 10.1.